The Morgan fingerprint density at radius 1 is 0.316 bits per heavy atom. The molecule has 0 aromatic carbocycles. The van der Waals surface area contributed by atoms with E-state index in [2.05, 4.69) is 196 Å². The van der Waals surface area contributed by atoms with E-state index in [4.69, 9.17) is 18.9 Å². The molecule has 0 aliphatic rings. The molecular weight excluding hydrogens is 1170 g/mol. The lowest BCUT2D eigenvalue weighted by Crippen LogP contribution is -2.40. The number of carboxylic acid groups (broad SMARTS) is 1. The second-order valence-corrected chi connectivity index (χ2v) is 25.8. The van der Waals surface area contributed by atoms with E-state index in [1.807, 2.05) is 21.1 Å². The molecule has 0 spiro atoms. The summed E-state index contributed by atoms with van der Waals surface area (Å²) in [6.45, 7) is 4.64. The standard InChI is InChI=1S/C86H139NO8/c1-6-8-10-12-14-16-18-20-22-24-26-28-30-32-34-36-38-39-40-41-42-43-44-45-47-49-51-53-55-57-59-61-63-65-67-69-71-73-75-77-84(89)95-82(81-94-86(85(90)91)92-79-78-87(3,4)5)80-93-83(88)76-74-72-70-68-66-64-62-60-58-56-54-52-50-48-46-37-35-33-31-29-27-25-23-21-19-17-15-13-11-9-7-2/h8-11,14-17,20-23,26-29,32-35,38-39,41-42,44-45,49,51,55,57,82,86H,6-7,12-13,18-19,24-25,30-31,36-37,40,43,46-48,50,52-54,56,58-81H2,1-5H3/p+1/b10-8-,11-9-,16-14-,17-15-,22-20-,23-21-,28-26-,29-27-,34-32-,35-33-,39-38-,42-41-,45-44-,51-49-,57-55-. The highest BCUT2D eigenvalue weighted by Crippen LogP contribution is 2.17. The summed E-state index contributed by atoms with van der Waals surface area (Å²) in [5, 5.41) is 9.77. The van der Waals surface area contributed by atoms with Crippen LogP contribution in [0.25, 0.3) is 0 Å². The summed E-state index contributed by atoms with van der Waals surface area (Å²) in [4.78, 5) is 37.7. The average Bonchev–Trinajstić information content (AvgIpc) is 2.92. The number of rotatable bonds is 68. The quantitative estimate of drug-likeness (QED) is 0.0211. The van der Waals surface area contributed by atoms with Crippen molar-refractivity contribution < 1.29 is 42.9 Å². The molecule has 0 amide bonds. The van der Waals surface area contributed by atoms with E-state index < -0.39 is 24.3 Å². The maximum atomic E-state index is 13.0. The van der Waals surface area contributed by atoms with Gasteiger partial charge in [-0.2, -0.15) is 0 Å². The Morgan fingerprint density at radius 2 is 0.568 bits per heavy atom. The van der Waals surface area contributed by atoms with Crippen molar-refractivity contribution in [3.8, 4) is 0 Å². The molecule has 1 N–H and O–H groups in total. The number of carbonyl (C=O) groups excluding carboxylic acids is 2. The predicted molar refractivity (Wildman–Crippen MR) is 409 cm³/mol. The fraction of sp³-hybridized carbons (Fsp3) is 0.616. The van der Waals surface area contributed by atoms with Gasteiger partial charge in [-0.3, -0.25) is 9.59 Å². The van der Waals surface area contributed by atoms with Crippen molar-refractivity contribution in [2.45, 2.75) is 296 Å². The Hall–Kier alpha value is -5.61. The molecule has 9 nitrogen and oxygen atoms in total. The zero-order valence-electron chi connectivity index (χ0n) is 61.3. The number of likely N-dealkylation sites (N-methyl/N-ethyl adjacent to an activating group) is 1. The third-order valence-corrected chi connectivity index (χ3v) is 15.7. The van der Waals surface area contributed by atoms with Crippen molar-refractivity contribution in [3.05, 3.63) is 182 Å². The molecule has 536 valence electrons. The third-order valence-electron chi connectivity index (χ3n) is 15.7. The highest BCUT2D eigenvalue weighted by molar-refractivity contribution is 5.71. The van der Waals surface area contributed by atoms with Crippen molar-refractivity contribution in [2.75, 3.05) is 47.5 Å². The Kier molecular flexibility index (Phi) is 69.8. The normalized spacial score (nSPS) is 13.7. The number of carboxylic acids is 1. The van der Waals surface area contributed by atoms with E-state index in [9.17, 15) is 19.5 Å². The second-order valence-electron chi connectivity index (χ2n) is 25.8. The first-order chi connectivity index (χ1) is 46.6. The minimum absolute atomic E-state index is 0.178. The monoisotopic (exact) mass is 1320 g/mol. The van der Waals surface area contributed by atoms with Crippen LogP contribution in [0.2, 0.25) is 0 Å². The Labute approximate surface area is 583 Å². The van der Waals surface area contributed by atoms with Crippen molar-refractivity contribution in [1.29, 1.82) is 0 Å². The molecule has 0 saturated carbocycles. The topological polar surface area (TPSA) is 108 Å². The third kappa shape index (κ3) is 75.6. The minimum atomic E-state index is -1.52. The molecule has 0 bridgehead atoms. The van der Waals surface area contributed by atoms with Crippen LogP contribution in [0.5, 0.6) is 0 Å². The van der Waals surface area contributed by atoms with Crippen LogP contribution in [-0.4, -0.2) is 87.4 Å². The van der Waals surface area contributed by atoms with Gasteiger partial charge in [0.1, 0.15) is 13.2 Å². The number of hydrogen-bond donors (Lipinski definition) is 1. The summed E-state index contributed by atoms with van der Waals surface area (Å²) in [5.41, 5.74) is 0. The lowest BCUT2D eigenvalue weighted by Gasteiger charge is -2.25. The highest BCUT2D eigenvalue weighted by atomic mass is 16.7. The molecule has 95 heavy (non-hydrogen) atoms. The van der Waals surface area contributed by atoms with Crippen LogP contribution in [0.15, 0.2) is 182 Å². The van der Waals surface area contributed by atoms with Crippen LogP contribution in [0.3, 0.4) is 0 Å². The summed E-state index contributed by atoms with van der Waals surface area (Å²) >= 11 is 0. The number of aliphatic carboxylic acids is 1. The molecule has 9 heteroatoms. The van der Waals surface area contributed by atoms with Crippen molar-refractivity contribution >= 4 is 17.9 Å². The van der Waals surface area contributed by atoms with E-state index in [1.165, 1.54) is 109 Å². The number of quaternary nitrogens is 1. The smallest absolute Gasteiger partial charge is 0.361 e. The highest BCUT2D eigenvalue weighted by Gasteiger charge is 2.25. The first-order valence-corrected chi connectivity index (χ1v) is 37.9. The molecule has 2 unspecified atom stereocenters. The van der Waals surface area contributed by atoms with Gasteiger partial charge < -0.3 is 28.5 Å². The van der Waals surface area contributed by atoms with Crippen molar-refractivity contribution in [1.82, 2.24) is 0 Å². The van der Waals surface area contributed by atoms with E-state index in [0.717, 1.165) is 141 Å². The maximum Gasteiger partial charge on any atom is 0.361 e. The van der Waals surface area contributed by atoms with Crippen LogP contribution in [0, 0.1) is 0 Å². The number of ether oxygens (including phenoxy) is 4. The molecule has 0 radical (unpaired) electrons. The number of carbonyl (C=O) groups is 3. The van der Waals surface area contributed by atoms with Gasteiger partial charge in [0.2, 0.25) is 0 Å². The first kappa shape index (κ1) is 89.4. The van der Waals surface area contributed by atoms with Gasteiger partial charge in [0.05, 0.1) is 34.4 Å². The second kappa shape index (κ2) is 74.2. The largest absolute Gasteiger partial charge is 0.477 e. The molecule has 0 aliphatic carbocycles. The molecule has 0 heterocycles. The average molecular weight is 1320 g/mol. The molecule has 0 saturated heterocycles. The molecule has 0 aromatic heterocycles. The van der Waals surface area contributed by atoms with Crippen LogP contribution in [0.4, 0.5) is 0 Å². The summed E-state index contributed by atoms with van der Waals surface area (Å²) in [5.74, 6) is -2.03. The van der Waals surface area contributed by atoms with Crippen LogP contribution in [0.1, 0.15) is 284 Å². The van der Waals surface area contributed by atoms with Gasteiger partial charge >= 0.3 is 17.9 Å². The predicted octanol–water partition coefficient (Wildman–Crippen LogP) is 24.4. The molecule has 0 rings (SSSR count). The Morgan fingerprint density at radius 3 is 0.842 bits per heavy atom. The van der Waals surface area contributed by atoms with Crippen molar-refractivity contribution in [2.24, 2.45) is 0 Å². The maximum absolute atomic E-state index is 13.0. The number of unbranched alkanes of at least 4 members (excludes halogenated alkanes) is 23. The summed E-state index contributed by atoms with van der Waals surface area (Å²) in [6, 6.07) is 0. The minimum Gasteiger partial charge on any atom is -0.477 e. The SMILES string of the molecule is CC/C=C\C/C=C\C/C=C\C/C=C\C/C=C\C/C=C\C/C=C\C/C=C\C/C=C\C/C=C\CCCCCCCCCCC(=O)OC(COC(=O)CCCCCCCCCCCCCCCCC/C=C\C/C=C\C/C=C\C/C=C\C/C=C\CC)COC(OCC[N+](C)(C)C)C(=O)O. The number of allylic oxidation sites excluding steroid dienone is 30. The van der Waals surface area contributed by atoms with Gasteiger partial charge in [-0.15, -0.1) is 0 Å². The van der Waals surface area contributed by atoms with Gasteiger partial charge in [0.15, 0.2) is 6.10 Å². The van der Waals surface area contributed by atoms with Crippen LogP contribution >= 0.6 is 0 Å². The van der Waals surface area contributed by atoms with E-state index >= 15 is 0 Å². The zero-order valence-corrected chi connectivity index (χ0v) is 61.3. The van der Waals surface area contributed by atoms with Crippen molar-refractivity contribution in [3.63, 3.8) is 0 Å². The lowest BCUT2D eigenvalue weighted by atomic mass is 10.0. The van der Waals surface area contributed by atoms with E-state index in [0.29, 0.717) is 23.9 Å². The van der Waals surface area contributed by atoms with Gasteiger partial charge in [-0.1, -0.05) is 318 Å². The van der Waals surface area contributed by atoms with Gasteiger partial charge in [-0.25, -0.2) is 4.79 Å². The Balaban J connectivity index is 4.16. The van der Waals surface area contributed by atoms with Gasteiger partial charge in [0, 0.05) is 12.8 Å². The summed E-state index contributed by atoms with van der Waals surface area (Å²) in [7, 11) is 5.97. The van der Waals surface area contributed by atoms with Gasteiger partial charge in [0.25, 0.3) is 6.29 Å². The molecule has 0 aromatic rings. The fourth-order valence-corrected chi connectivity index (χ4v) is 9.95. The number of nitrogens with zero attached hydrogens (tertiary/aromatic N) is 1. The molecule has 0 fully saturated rings. The lowest BCUT2D eigenvalue weighted by molar-refractivity contribution is -0.870. The van der Waals surface area contributed by atoms with E-state index in [-0.39, 0.29) is 32.2 Å². The van der Waals surface area contributed by atoms with Gasteiger partial charge in [-0.05, 0) is 135 Å². The Bertz CT molecular complexity index is 2220. The molecular formula is C86H140NO8+. The van der Waals surface area contributed by atoms with E-state index in [1.54, 1.807) is 0 Å². The van der Waals surface area contributed by atoms with Crippen LogP contribution < -0.4 is 0 Å². The zero-order chi connectivity index (χ0) is 69.0. The fourth-order valence-electron chi connectivity index (χ4n) is 9.95. The molecule has 2 atom stereocenters. The number of esters is 2. The summed E-state index contributed by atoms with van der Waals surface area (Å²) < 4.78 is 23.0. The first-order valence-electron chi connectivity index (χ1n) is 37.9. The molecule has 0 aliphatic heterocycles. The van der Waals surface area contributed by atoms with Crippen LogP contribution in [-0.2, 0) is 33.3 Å². The summed E-state index contributed by atoms with van der Waals surface area (Å²) in [6.07, 6.45) is 110. The number of hydrogen-bond acceptors (Lipinski definition) is 7.